The van der Waals surface area contributed by atoms with Gasteiger partial charge in [0.25, 0.3) is 5.69 Å². The number of nitro groups is 1. The number of nitro benzene ring substituents is 1. The van der Waals surface area contributed by atoms with Crippen molar-refractivity contribution in [1.29, 1.82) is 0 Å². The number of benzene rings is 1. The first kappa shape index (κ1) is 12.5. The lowest BCUT2D eigenvalue weighted by atomic mass is 10.2. The topological polar surface area (TPSA) is 81.2 Å². The van der Waals surface area contributed by atoms with Gasteiger partial charge in [-0.2, -0.15) is 0 Å². The average molecular weight is 268 g/mol. The molecule has 7 heteroatoms. The van der Waals surface area contributed by atoms with Crippen LogP contribution in [0.4, 0.5) is 5.69 Å². The molecule has 0 saturated heterocycles. The molecule has 0 fully saturated rings. The SMILES string of the molecule is O=[N+]([O-])c1cc(CNCc2ccno2)ccc1Cl. The molecule has 0 unspecified atom stereocenters. The lowest BCUT2D eigenvalue weighted by Crippen LogP contribution is -2.12. The fraction of sp³-hybridized carbons (Fsp3) is 0.182. The summed E-state index contributed by atoms with van der Waals surface area (Å²) in [5.74, 6) is 0.707. The maximum Gasteiger partial charge on any atom is 0.288 e. The number of rotatable bonds is 5. The second kappa shape index (κ2) is 5.61. The predicted molar refractivity (Wildman–Crippen MR) is 65.2 cm³/mol. The Morgan fingerprint density at radius 1 is 1.39 bits per heavy atom. The molecule has 0 radical (unpaired) electrons. The number of hydrogen-bond acceptors (Lipinski definition) is 5. The van der Waals surface area contributed by atoms with Gasteiger partial charge < -0.3 is 9.84 Å². The number of nitrogens with one attached hydrogen (secondary N) is 1. The Balaban J connectivity index is 1.97. The molecule has 0 saturated carbocycles. The molecule has 0 aliphatic carbocycles. The van der Waals surface area contributed by atoms with Gasteiger partial charge in [0.1, 0.15) is 10.8 Å². The Morgan fingerprint density at radius 3 is 2.89 bits per heavy atom. The van der Waals surface area contributed by atoms with Crippen LogP contribution in [0, 0.1) is 10.1 Å². The number of halogens is 1. The van der Waals surface area contributed by atoms with Crippen LogP contribution in [0.3, 0.4) is 0 Å². The molecule has 2 rings (SSSR count). The molecule has 0 amide bonds. The highest BCUT2D eigenvalue weighted by molar-refractivity contribution is 6.32. The van der Waals surface area contributed by atoms with Gasteiger partial charge in [-0.1, -0.05) is 22.8 Å². The molecule has 0 bridgehead atoms. The number of nitrogens with zero attached hydrogens (tertiary/aromatic N) is 2. The van der Waals surface area contributed by atoms with E-state index in [0.717, 1.165) is 5.56 Å². The average Bonchev–Trinajstić information content (AvgIpc) is 2.84. The fourth-order valence-corrected chi connectivity index (χ4v) is 1.66. The quantitative estimate of drug-likeness (QED) is 0.665. The van der Waals surface area contributed by atoms with Crippen molar-refractivity contribution in [1.82, 2.24) is 10.5 Å². The van der Waals surface area contributed by atoms with E-state index in [1.54, 1.807) is 18.3 Å². The van der Waals surface area contributed by atoms with Crippen molar-refractivity contribution in [3.8, 4) is 0 Å². The van der Waals surface area contributed by atoms with E-state index in [1.165, 1.54) is 12.1 Å². The van der Waals surface area contributed by atoms with Crippen LogP contribution < -0.4 is 5.32 Å². The first-order chi connectivity index (χ1) is 8.66. The van der Waals surface area contributed by atoms with Crippen molar-refractivity contribution in [3.63, 3.8) is 0 Å². The summed E-state index contributed by atoms with van der Waals surface area (Å²) < 4.78 is 4.91. The first-order valence-corrected chi connectivity index (χ1v) is 5.57. The molecule has 18 heavy (non-hydrogen) atoms. The van der Waals surface area contributed by atoms with Crippen LogP contribution in [0.5, 0.6) is 0 Å². The molecule has 1 aromatic heterocycles. The van der Waals surface area contributed by atoms with Crippen LogP contribution in [-0.2, 0) is 13.1 Å². The highest BCUT2D eigenvalue weighted by atomic mass is 35.5. The van der Waals surface area contributed by atoms with Crippen LogP contribution in [-0.4, -0.2) is 10.1 Å². The molecule has 0 aliphatic rings. The van der Waals surface area contributed by atoms with Gasteiger partial charge in [0, 0.05) is 18.7 Å². The molecule has 0 aliphatic heterocycles. The Kier molecular flexibility index (Phi) is 3.91. The Morgan fingerprint density at radius 2 is 2.22 bits per heavy atom. The molecular formula is C11H10ClN3O3. The zero-order valence-electron chi connectivity index (χ0n) is 9.30. The third-order valence-corrected chi connectivity index (χ3v) is 2.65. The summed E-state index contributed by atoms with van der Waals surface area (Å²) in [7, 11) is 0. The van der Waals surface area contributed by atoms with E-state index >= 15 is 0 Å². The fourth-order valence-electron chi connectivity index (χ4n) is 1.47. The van der Waals surface area contributed by atoms with E-state index in [0.29, 0.717) is 18.8 Å². The largest absolute Gasteiger partial charge is 0.360 e. The second-order valence-electron chi connectivity index (χ2n) is 3.63. The van der Waals surface area contributed by atoms with E-state index in [-0.39, 0.29) is 10.7 Å². The monoisotopic (exact) mass is 267 g/mol. The summed E-state index contributed by atoms with van der Waals surface area (Å²) in [6.07, 6.45) is 1.56. The van der Waals surface area contributed by atoms with Gasteiger partial charge in [0.2, 0.25) is 0 Å². The van der Waals surface area contributed by atoms with Gasteiger partial charge >= 0.3 is 0 Å². The molecule has 0 atom stereocenters. The van der Waals surface area contributed by atoms with Crippen LogP contribution in [0.25, 0.3) is 0 Å². The zero-order chi connectivity index (χ0) is 13.0. The molecule has 2 aromatic rings. The van der Waals surface area contributed by atoms with Crippen LogP contribution in [0.1, 0.15) is 11.3 Å². The minimum absolute atomic E-state index is 0.0874. The summed E-state index contributed by atoms with van der Waals surface area (Å²) >= 11 is 5.72. The van der Waals surface area contributed by atoms with Crippen molar-refractivity contribution in [2.75, 3.05) is 0 Å². The summed E-state index contributed by atoms with van der Waals surface area (Å²) in [5.41, 5.74) is 0.696. The van der Waals surface area contributed by atoms with Crippen molar-refractivity contribution < 1.29 is 9.45 Å². The lowest BCUT2D eigenvalue weighted by Gasteiger charge is -2.03. The third kappa shape index (κ3) is 3.06. The van der Waals surface area contributed by atoms with E-state index in [9.17, 15) is 10.1 Å². The maximum atomic E-state index is 10.7. The van der Waals surface area contributed by atoms with Crippen molar-refractivity contribution in [2.24, 2.45) is 0 Å². The Hall–Kier alpha value is -1.92. The molecule has 1 heterocycles. The van der Waals surface area contributed by atoms with Gasteiger partial charge in [-0.05, 0) is 11.6 Å². The molecule has 1 aromatic carbocycles. The van der Waals surface area contributed by atoms with Crippen molar-refractivity contribution in [2.45, 2.75) is 13.1 Å². The van der Waals surface area contributed by atoms with Gasteiger partial charge in [0.15, 0.2) is 0 Å². The van der Waals surface area contributed by atoms with Crippen molar-refractivity contribution in [3.05, 3.63) is 56.9 Å². The van der Waals surface area contributed by atoms with E-state index in [4.69, 9.17) is 16.1 Å². The standard InChI is InChI=1S/C11H10ClN3O3/c12-10-2-1-8(5-11(10)15(16)17)6-13-7-9-3-4-14-18-9/h1-5,13H,6-7H2. The second-order valence-corrected chi connectivity index (χ2v) is 4.03. The van der Waals surface area contributed by atoms with Crippen LogP contribution in [0.15, 0.2) is 35.0 Å². The lowest BCUT2D eigenvalue weighted by molar-refractivity contribution is -0.384. The Labute approximate surface area is 108 Å². The number of aromatic nitrogens is 1. The number of hydrogen-bond donors (Lipinski definition) is 1. The van der Waals surface area contributed by atoms with E-state index < -0.39 is 4.92 Å². The highest BCUT2D eigenvalue weighted by Crippen LogP contribution is 2.24. The summed E-state index contributed by atoms with van der Waals surface area (Å²) in [6.45, 7) is 0.995. The highest BCUT2D eigenvalue weighted by Gasteiger charge is 2.12. The summed E-state index contributed by atoms with van der Waals surface area (Å²) in [4.78, 5) is 10.2. The predicted octanol–water partition coefficient (Wildman–Crippen LogP) is 2.53. The first-order valence-electron chi connectivity index (χ1n) is 5.20. The maximum absolute atomic E-state index is 10.7. The molecule has 6 nitrogen and oxygen atoms in total. The third-order valence-electron chi connectivity index (χ3n) is 2.33. The van der Waals surface area contributed by atoms with Gasteiger partial charge in [0.05, 0.1) is 17.7 Å². The van der Waals surface area contributed by atoms with E-state index in [2.05, 4.69) is 10.5 Å². The minimum Gasteiger partial charge on any atom is -0.360 e. The zero-order valence-corrected chi connectivity index (χ0v) is 10.1. The molecule has 94 valence electrons. The smallest absolute Gasteiger partial charge is 0.288 e. The van der Waals surface area contributed by atoms with Crippen LogP contribution >= 0.6 is 11.6 Å². The van der Waals surface area contributed by atoms with E-state index in [1.807, 2.05) is 0 Å². The molecule has 1 N–H and O–H groups in total. The van der Waals surface area contributed by atoms with Crippen molar-refractivity contribution >= 4 is 17.3 Å². The van der Waals surface area contributed by atoms with Gasteiger partial charge in [-0.15, -0.1) is 0 Å². The van der Waals surface area contributed by atoms with Gasteiger partial charge in [-0.3, -0.25) is 10.1 Å². The molecular weight excluding hydrogens is 258 g/mol. The normalized spacial score (nSPS) is 10.5. The summed E-state index contributed by atoms with van der Waals surface area (Å²) in [6, 6.07) is 6.46. The minimum atomic E-state index is -0.498. The summed E-state index contributed by atoms with van der Waals surface area (Å²) in [5, 5.41) is 17.5. The van der Waals surface area contributed by atoms with Gasteiger partial charge in [-0.25, -0.2) is 0 Å². The Bertz CT molecular complexity index is 542. The molecule has 0 spiro atoms. The van der Waals surface area contributed by atoms with Crippen LogP contribution in [0.2, 0.25) is 5.02 Å².